The smallest absolute Gasteiger partial charge is 0.227 e. The summed E-state index contributed by atoms with van der Waals surface area (Å²) in [6.07, 6.45) is 0.214. The lowest BCUT2D eigenvalue weighted by Crippen LogP contribution is -2.27. The number of carbonyl (C=O) groups is 1. The van der Waals surface area contributed by atoms with E-state index in [4.69, 9.17) is 5.73 Å². The Balaban J connectivity index is 2.00. The van der Waals surface area contributed by atoms with Gasteiger partial charge in [0, 0.05) is 19.3 Å². The second-order valence-corrected chi connectivity index (χ2v) is 4.92. The molecule has 2 aromatic rings. The van der Waals surface area contributed by atoms with Gasteiger partial charge in [-0.2, -0.15) is 0 Å². The number of rotatable bonds is 4. The largest absolute Gasteiger partial charge is 0.399 e. The third-order valence-corrected chi connectivity index (χ3v) is 3.14. The molecule has 0 unspecified atom stereocenters. The molecule has 0 radical (unpaired) electrons. The van der Waals surface area contributed by atoms with Crippen LogP contribution in [0.3, 0.4) is 0 Å². The number of benzene rings is 2. The maximum absolute atomic E-state index is 13.1. The van der Waals surface area contributed by atoms with Crippen molar-refractivity contribution in [1.29, 1.82) is 0 Å². The van der Waals surface area contributed by atoms with Gasteiger partial charge < -0.3 is 10.6 Å². The molecule has 110 valence electrons. The van der Waals surface area contributed by atoms with E-state index >= 15 is 0 Å². The van der Waals surface area contributed by atoms with Crippen LogP contribution in [0.25, 0.3) is 0 Å². The predicted octanol–water partition coefficient (Wildman–Crippen LogP) is 2.75. The number of halogens is 2. The van der Waals surface area contributed by atoms with Crippen LogP contribution < -0.4 is 5.73 Å². The quantitative estimate of drug-likeness (QED) is 0.880. The van der Waals surface area contributed by atoms with Gasteiger partial charge in [0.1, 0.15) is 0 Å². The summed E-state index contributed by atoms with van der Waals surface area (Å²) >= 11 is 0. The van der Waals surface area contributed by atoms with E-state index in [2.05, 4.69) is 0 Å². The molecule has 0 bridgehead atoms. The van der Waals surface area contributed by atoms with Gasteiger partial charge in [0.05, 0.1) is 6.42 Å². The van der Waals surface area contributed by atoms with Crippen LogP contribution >= 0.6 is 0 Å². The molecule has 21 heavy (non-hydrogen) atoms. The van der Waals surface area contributed by atoms with Crippen LogP contribution in [0, 0.1) is 11.6 Å². The van der Waals surface area contributed by atoms with Crippen molar-refractivity contribution < 1.29 is 13.6 Å². The number of nitrogens with two attached hydrogens (primary N) is 1. The number of nitrogen functional groups attached to an aromatic ring is 1. The van der Waals surface area contributed by atoms with Gasteiger partial charge in [0.15, 0.2) is 11.6 Å². The summed E-state index contributed by atoms with van der Waals surface area (Å²) in [5.41, 5.74) is 7.62. The van der Waals surface area contributed by atoms with Crippen LogP contribution in [0.2, 0.25) is 0 Å². The van der Waals surface area contributed by atoms with Crippen LogP contribution in [0.4, 0.5) is 14.5 Å². The van der Waals surface area contributed by atoms with Crippen molar-refractivity contribution in [2.45, 2.75) is 13.0 Å². The van der Waals surface area contributed by atoms with E-state index < -0.39 is 11.6 Å². The van der Waals surface area contributed by atoms with Crippen LogP contribution in [0.5, 0.6) is 0 Å². The topological polar surface area (TPSA) is 46.3 Å². The molecule has 0 aromatic heterocycles. The van der Waals surface area contributed by atoms with Gasteiger partial charge in [0.2, 0.25) is 5.91 Å². The summed E-state index contributed by atoms with van der Waals surface area (Å²) in [4.78, 5) is 13.6. The molecule has 2 rings (SSSR count). The maximum atomic E-state index is 13.1. The summed E-state index contributed by atoms with van der Waals surface area (Å²) < 4.78 is 26.0. The Hall–Kier alpha value is -2.43. The fourth-order valence-corrected chi connectivity index (χ4v) is 2.01. The van der Waals surface area contributed by atoms with Crippen molar-refractivity contribution in [3.63, 3.8) is 0 Å². The van der Waals surface area contributed by atoms with Crippen molar-refractivity contribution in [2.24, 2.45) is 0 Å². The van der Waals surface area contributed by atoms with E-state index in [1.54, 1.807) is 25.2 Å². The highest BCUT2D eigenvalue weighted by atomic mass is 19.2. The molecule has 0 aliphatic heterocycles. The van der Waals surface area contributed by atoms with E-state index in [-0.39, 0.29) is 18.9 Å². The van der Waals surface area contributed by atoms with Gasteiger partial charge in [-0.15, -0.1) is 0 Å². The standard InChI is InChI=1S/C16H16F2N2O/c1-20(10-12-5-6-14(17)15(18)8-12)16(21)9-11-3-2-4-13(19)7-11/h2-8H,9-10,19H2,1H3. The third-order valence-electron chi connectivity index (χ3n) is 3.14. The number of likely N-dealkylation sites (N-methyl/N-ethyl adjacent to an activating group) is 1. The second kappa shape index (κ2) is 6.35. The molecule has 0 saturated carbocycles. The first kappa shape index (κ1) is 15.0. The predicted molar refractivity (Wildman–Crippen MR) is 77.4 cm³/mol. The zero-order valence-corrected chi connectivity index (χ0v) is 11.6. The summed E-state index contributed by atoms with van der Waals surface area (Å²) in [7, 11) is 1.62. The van der Waals surface area contributed by atoms with E-state index in [1.165, 1.54) is 11.0 Å². The van der Waals surface area contributed by atoms with Gasteiger partial charge in [0.25, 0.3) is 0 Å². The second-order valence-electron chi connectivity index (χ2n) is 4.92. The molecule has 0 spiro atoms. The summed E-state index contributed by atoms with van der Waals surface area (Å²) in [5.74, 6) is -1.93. The fraction of sp³-hybridized carbons (Fsp3) is 0.188. The molecular formula is C16H16F2N2O. The van der Waals surface area contributed by atoms with Crippen molar-refractivity contribution in [2.75, 3.05) is 12.8 Å². The van der Waals surface area contributed by atoms with E-state index in [0.29, 0.717) is 11.3 Å². The molecule has 3 nitrogen and oxygen atoms in total. The number of nitrogens with zero attached hydrogens (tertiary/aromatic N) is 1. The minimum Gasteiger partial charge on any atom is -0.399 e. The van der Waals surface area contributed by atoms with Crippen LogP contribution in [0.1, 0.15) is 11.1 Å². The van der Waals surface area contributed by atoms with Crippen LogP contribution in [-0.2, 0) is 17.8 Å². The lowest BCUT2D eigenvalue weighted by atomic mass is 10.1. The Labute approximate surface area is 122 Å². The molecule has 0 saturated heterocycles. The van der Waals surface area contributed by atoms with Gasteiger partial charge >= 0.3 is 0 Å². The minimum absolute atomic E-state index is 0.120. The minimum atomic E-state index is -0.913. The van der Waals surface area contributed by atoms with Crippen LogP contribution in [0.15, 0.2) is 42.5 Å². The fourth-order valence-electron chi connectivity index (χ4n) is 2.01. The Kier molecular flexibility index (Phi) is 4.52. The molecule has 2 aromatic carbocycles. The normalized spacial score (nSPS) is 10.4. The molecule has 5 heteroatoms. The molecule has 1 amide bonds. The summed E-state index contributed by atoms with van der Waals surface area (Å²) in [6.45, 7) is 0.221. The Morgan fingerprint density at radius 2 is 1.86 bits per heavy atom. The number of hydrogen-bond donors (Lipinski definition) is 1. The third kappa shape index (κ3) is 4.02. The van der Waals surface area contributed by atoms with Gasteiger partial charge in [-0.1, -0.05) is 18.2 Å². The van der Waals surface area contributed by atoms with Crippen molar-refractivity contribution >= 4 is 11.6 Å². The SMILES string of the molecule is CN(Cc1ccc(F)c(F)c1)C(=O)Cc1cccc(N)c1. The summed E-state index contributed by atoms with van der Waals surface area (Å²) in [5, 5.41) is 0. The monoisotopic (exact) mass is 290 g/mol. The zero-order chi connectivity index (χ0) is 15.4. The first-order valence-electron chi connectivity index (χ1n) is 6.48. The maximum Gasteiger partial charge on any atom is 0.227 e. The van der Waals surface area contributed by atoms with E-state index in [1.807, 2.05) is 6.07 Å². The highest BCUT2D eigenvalue weighted by Gasteiger charge is 2.11. The van der Waals surface area contributed by atoms with Gasteiger partial charge in [-0.25, -0.2) is 8.78 Å². The Bertz CT molecular complexity index is 658. The highest BCUT2D eigenvalue weighted by Crippen LogP contribution is 2.12. The first-order chi connectivity index (χ1) is 9.95. The number of anilines is 1. The number of carbonyl (C=O) groups excluding carboxylic acids is 1. The Morgan fingerprint density at radius 3 is 2.52 bits per heavy atom. The van der Waals surface area contributed by atoms with Crippen molar-refractivity contribution in [3.8, 4) is 0 Å². The molecule has 2 N–H and O–H groups in total. The molecule has 0 atom stereocenters. The van der Waals surface area contributed by atoms with Crippen molar-refractivity contribution in [1.82, 2.24) is 4.90 Å². The number of amides is 1. The van der Waals surface area contributed by atoms with Gasteiger partial charge in [-0.3, -0.25) is 4.79 Å². The zero-order valence-electron chi connectivity index (χ0n) is 11.6. The average molecular weight is 290 g/mol. The summed E-state index contributed by atoms with van der Waals surface area (Å²) in [6, 6.07) is 10.7. The highest BCUT2D eigenvalue weighted by molar-refractivity contribution is 5.78. The Morgan fingerprint density at radius 1 is 1.10 bits per heavy atom. The number of hydrogen-bond acceptors (Lipinski definition) is 2. The molecule has 0 fully saturated rings. The van der Waals surface area contributed by atoms with Gasteiger partial charge in [-0.05, 0) is 35.4 Å². The molecule has 0 heterocycles. The molecule has 0 aliphatic carbocycles. The first-order valence-corrected chi connectivity index (χ1v) is 6.48. The molecular weight excluding hydrogens is 274 g/mol. The van der Waals surface area contributed by atoms with E-state index in [9.17, 15) is 13.6 Å². The van der Waals surface area contributed by atoms with Crippen molar-refractivity contribution in [3.05, 3.63) is 65.2 Å². The van der Waals surface area contributed by atoms with Crippen LogP contribution in [-0.4, -0.2) is 17.9 Å². The molecule has 0 aliphatic rings. The lowest BCUT2D eigenvalue weighted by molar-refractivity contribution is -0.129. The lowest BCUT2D eigenvalue weighted by Gasteiger charge is -2.17. The average Bonchev–Trinajstić information content (AvgIpc) is 2.43. The van der Waals surface area contributed by atoms with E-state index in [0.717, 1.165) is 17.7 Å².